The quantitative estimate of drug-likeness (QED) is 0.0445. The van der Waals surface area contributed by atoms with Crippen LogP contribution in [-0.2, 0) is 0 Å². The Morgan fingerprint density at radius 2 is 0.868 bits per heavy atom. The molecule has 0 bridgehead atoms. The van der Waals surface area contributed by atoms with Gasteiger partial charge in [-0.3, -0.25) is 0 Å². The Hall–Kier alpha value is 0.608. The van der Waals surface area contributed by atoms with Gasteiger partial charge in [-0.15, -0.1) is 0 Å². The van der Waals surface area contributed by atoms with Crippen LogP contribution in [0.3, 0.4) is 0 Å². The van der Waals surface area contributed by atoms with Crippen LogP contribution >= 0.6 is 0 Å². The Morgan fingerprint density at radius 3 is 1.13 bits per heavy atom. The van der Waals surface area contributed by atoms with Crippen LogP contribution in [0.25, 0.3) is 0 Å². The molecule has 0 amide bonds. The van der Waals surface area contributed by atoms with Gasteiger partial charge in [-0.05, 0) is 36.8 Å². The van der Waals surface area contributed by atoms with Gasteiger partial charge in [0.05, 0.1) is 0 Å². The molecular weight excluding hydrogens is 723 g/mol. The van der Waals surface area contributed by atoms with Crippen molar-refractivity contribution >= 4 is 19.5 Å². The molecule has 0 saturated carbocycles. The Bertz CT molecular complexity index is 607. The molecule has 0 spiro atoms. The molecule has 1 rings (SSSR count). The van der Waals surface area contributed by atoms with Crippen molar-refractivity contribution in [3.63, 3.8) is 0 Å². The summed E-state index contributed by atoms with van der Waals surface area (Å²) in [5.41, 5.74) is 0.488. The van der Waals surface area contributed by atoms with Crippen LogP contribution in [-0.4, -0.2) is 19.5 Å². The molecule has 0 aliphatic heterocycles. The van der Waals surface area contributed by atoms with Gasteiger partial charge in [0.1, 0.15) is 0 Å². The Kier molecular flexibility index (Phi) is 20.0. The van der Waals surface area contributed by atoms with Crippen molar-refractivity contribution in [3.8, 4) is 0 Å². The van der Waals surface area contributed by atoms with Gasteiger partial charge in [0, 0.05) is 0 Å². The molecule has 0 radical (unpaired) electrons. The minimum atomic E-state index is -11.2. The fraction of sp³-hybridized carbons (Fsp3) is 0.867. The zero-order valence-electron chi connectivity index (χ0n) is 24.1. The van der Waals surface area contributed by atoms with Crippen molar-refractivity contribution in [2.45, 2.75) is 162 Å². The monoisotopic (exact) mass is 778 g/mol. The van der Waals surface area contributed by atoms with E-state index in [1.54, 1.807) is 0 Å². The van der Waals surface area contributed by atoms with Crippen molar-refractivity contribution < 1.29 is 39.5 Å². The molecule has 230 valence electrons. The molecule has 0 unspecified atom stereocenters. The van der Waals surface area contributed by atoms with Crippen LogP contribution in [0.1, 0.15) is 162 Å². The molecular formula is C30H56F6ISb. The van der Waals surface area contributed by atoms with E-state index < -0.39 is 19.5 Å². The number of rotatable bonds is 22. The van der Waals surface area contributed by atoms with Crippen LogP contribution < -0.4 is 22.6 Å². The first-order valence-electron chi connectivity index (χ1n) is 15.3. The predicted molar refractivity (Wildman–Crippen MR) is 151 cm³/mol. The summed E-state index contributed by atoms with van der Waals surface area (Å²) < 4.78 is 61.0. The molecule has 0 saturated heterocycles. The van der Waals surface area contributed by atoms with E-state index >= 15 is 0 Å². The van der Waals surface area contributed by atoms with E-state index in [4.69, 9.17) is 0 Å². The van der Waals surface area contributed by atoms with E-state index in [1.165, 1.54) is 151 Å². The standard InChI is InChI=1S/C30H56I.6FH.Sb/c1-3-5-7-9-11-13-15-17-19-21-25-30(27-23-29(31)24-28-30)26-22-20-18-16-14-12-10-8-6-4-2;;;;;;;/h23-24,27,31H,3-22,25-26,28H2,1-2H3;6*1H;/q+1;;;;;;;+5/p-6. The fourth-order valence-corrected chi connectivity index (χ4v) is 5.56. The van der Waals surface area contributed by atoms with E-state index in [0.717, 1.165) is 0 Å². The maximum absolute atomic E-state index is 11.2. The Labute approximate surface area is 246 Å². The fourth-order valence-electron chi connectivity index (χ4n) is 5.12. The molecule has 0 aromatic rings. The topological polar surface area (TPSA) is 0 Å². The van der Waals surface area contributed by atoms with Gasteiger partial charge in [0.2, 0.25) is 0 Å². The van der Waals surface area contributed by atoms with Gasteiger partial charge in [-0.2, -0.15) is 0 Å². The van der Waals surface area contributed by atoms with E-state index in [1.807, 2.05) is 0 Å². The number of unbranched alkanes of at least 4 members (excludes halogenated alkanes) is 18. The van der Waals surface area contributed by atoms with Crippen LogP contribution in [0.4, 0.5) is 16.9 Å². The molecule has 0 heterocycles. The molecule has 8 heteroatoms. The molecule has 0 atom stereocenters. The van der Waals surface area contributed by atoms with Crippen molar-refractivity contribution in [2.75, 3.05) is 0 Å². The number of halogens is 7. The third-order valence-electron chi connectivity index (χ3n) is 7.37. The minimum absolute atomic E-state index is 0.488. The van der Waals surface area contributed by atoms with Gasteiger partial charge >= 0.3 is 36.4 Å². The molecule has 0 N–H and O–H groups in total. The van der Waals surface area contributed by atoms with Crippen LogP contribution in [0.5, 0.6) is 0 Å². The second-order valence-corrected chi connectivity index (χ2v) is 18.1. The first-order valence-corrected chi connectivity index (χ1v) is 22.3. The first-order chi connectivity index (χ1) is 17.7. The van der Waals surface area contributed by atoms with Crippen molar-refractivity contribution in [3.05, 3.63) is 21.8 Å². The number of hydrogen-bond donors (Lipinski definition) is 0. The van der Waals surface area contributed by atoms with Crippen LogP contribution in [0.15, 0.2) is 21.8 Å². The SMILES string of the molecule is CCCCCCCCCCCCC1(CCCCCCCCCCCC)C=CC([IH+])=CC1.[F][Sb-]([F])([F])([F])([F])[F]. The summed E-state index contributed by atoms with van der Waals surface area (Å²) in [4.78, 5) is 0. The van der Waals surface area contributed by atoms with Gasteiger partial charge in [-0.25, -0.2) is 0 Å². The number of allylic oxidation sites excluding steroid dienone is 4. The van der Waals surface area contributed by atoms with Crippen LogP contribution in [0, 0.1) is 5.41 Å². The van der Waals surface area contributed by atoms with Gasteiger partial charge in [-0.1, -0.05) is 148 Å². The summed E-state index contributed by atoms with van der Waals surface area (Å²) in [6.45, 7) is 4.62. The van der Waals surface area contributed by atoms with Crippen molar-refractivity contribution in [1.82, 2.24) is 0 Å². The summed E-state index contributed by atoms with van der Waals surface area (Å²) in [5, 5.41) is 0. The van der Waals surface area contributed by atoms with Gasteiger partial charge in [0.25, 0.3) is 22.6 Å². The normalized spacial score (nSPS) is 16.8. The molecule has 38 heavy (non-hydrogen) atoms. The summed E-state index contributed by atoms with van der Waals surface area (Å²) in [7, 11) is 0. The van der Waals surface area contributed by atoms with Crippen molar-refractivity contribution in [2.24, 2.45) is 5.41 Å². The summed E-state index contributed by atoms with van der Waals surface area (Å²) in [6, 6.07) is 0. The zero-order chi connectivity index (χ0) is 28.9. The second kappa shape index (κ2) is 19.7. The Balaban J connectivity index is 0.00000171. The predicted octanol–water partition coefficient (Wildman–Crippen LogP) is 9.86. The van der Waals surface area contributed by atoms with Gasteiger partial charge < -0.3 is 0 Å². The molecule has 1 aliphatic carbocycles. The molecule has 0 aromatic carbocycles. The van der Waals surface area contributed by atoms with Crippen molar-refractivity contribution in [1.29, 1.82) is 0 Å². The molecule has 1 aliphatic rings. The molecule has 0 aromatic heterocycles. The van der Waals surface area contributed by atoms with E-state index in [0.29, 0.717) is 5.41 Å². The third kappa shape index (κ3) is 31.1. The van der Waals surface area contributed by atoms with E-state index in [-0.39, 0.29) is 0 Å². The maximum atomic E-state index is 9.93. The second-order valence-electron chi connectivity index (χ2n) is 11.3. The first kappa shape index (κ1) is 38.6. The summed E-state index contributed by atoms with van der Waals surface area (Å²) >= 11 is -9.06. The zero-order valence-corrected chi connectivity index (χ0v) is 29.0. The molecule has 0 fully saturated rings. The van der Waals surface area contributed by atoms with Crippen LogP contribution in [0.2, 0.25) is 0 Å². The van der Waals surface area contributed by atoms with E-state index in [9.17, 15) is 16.9 Å². The third-order valence-corrected chi connectivity index (χ3v) is 8.23. The average Bonchev–Trinajstić information content (AvgIpc) is 2.81. The Morgan fingerprint density at radius 1 is 0.579 bits per heavy atom. The molecule has 0 nitrogen and oxygen atoms in total. The summed E-state index contributed by atoms with van der Waals surface area (Å²) in [6.07, 6.45) is 40.6. The summed E-state index contributed by atoms with van der Waals surface area (Å²) in [5.74, 6) is 0. The number of hydrogen-bond acceptors (Lipinski definition) is 0. The van der Waals surface area contributed by atoms with Gasteiger partial charge in [0.15, 0.2) is 3.58 Å². The van der Waals surface area contributed by atoms with E-state index in [2.05, 4.69) is 54.7 Å². The average molecular weight is 779 g/mol.